The van der Waals surface area contributed by atoms with Crippen LogP contribution < -0.4 is 0 Å². The highest BCUT2D eigenvalue weighted by atomic mass is 19.1. The highest BCUT2D eigenvalue weighted by Crippen LogP contribution is 2.23. The molecule has 0 saturated carbocycles. The average molecular weight is 248 g/mol. The highest BCUT2D eigenvalue weighted by Gasteiger charge is 2.35. The number of carbonyl (C=O) groups excluding carboxylic acids is 1. The predicted octanol–water partition coefficient (Wildman–Crippen LogP) is 1.63. The molecular weight excluding hydrogens is 231 g/mol. The van der Waals surface area contributed by atoms with E-state index in [4.69, 9.17) is 0 Å². The van der Waals surface area contributed by atoms with Gasteiger partial charge in [0.25, 0.3) is 0 Å². The second kappa shape index (κ2) is 4.69. The summed E-state index contributed by atoms with van der Waals surface area (Å²) in [6.07, 6.45) is 1.69. The second-order valence-electron chi connectivity index (χ2n) is 5.14. The predicted molar refractivity (Wildman–Crippen MR) is 66.4 cm³/mol. The van der Waals surface area contributed by atoms with Gasteiger partial charge >= 0.3 is 0 Å². The summed E-state index contributed by atoms with van der Waals surface area (Å²) in [6.45, 7) is 3.55. The van der Waals surface area contributed by atoms with Crippen LogP contribution in [0.25, 0.3) is 0 Å². The maximum Gasteiger partial charge on any atom is 0.222 e. The molecule has 2 aliphatic rings. The minimum atomic E-state index is -0.190. The van der Waals surface area contributed by atoms with Crippen LogP contribution in [0.3, 0.4) is 0 Å². The van der Waals surface area contributed by atoms with Crippen molar-refractivity contribution in [3.63, 3.8) is 0 Å². The number of benzene rings is 1. The standard InChI is InChI=1S/C14H17FN2O/c15-12-3-1-11(2-4-12)9-16-7-8-17-13(10-16)5-6-14(17)18/h1-4,13H,5-10H2. The van der Waals surface area contributed by atoms with Crippen LogP contribution in [0.2, 0.25) is 0 Å². The summed E-state index contributed by atoms with van der Waals surface area (Å²) < 4.78 is 12.8. The number of piperazine rings is 1. The molecule has 0 N–H and O–H groups in total. The highest BCUT2D eigenvalue weighted by molar-refractivity contribution is 5.78. The minimum Gasteiger partial charge on any atom is -0.337 e. The molecule has 96 valence electrons. The van der Waals surface area contributed by atoms with Gasteiger partial charge in [0.15, 0.2) is 0 Å². The molecule has 2 aliphatic heterocycles. The molecule has 1 atom stereocenters. The fourth-order valence-corrected chi connectivity index (χ4v) is 2.92. The van der Waals surface area contributed by atoms with Gasteiger partial charge in [-0.05, 0) is 24.1 Å². The molecule has 0 spiro atoms. The van der Waals surface area contributed by atoms with E-state index >= 15 is 0 Å². The smallest absolute Gasteiger partial charge is 0.222 e. The van der Waals surface area contributed by atoms with Crippen molar-refractivity contribution in [2.45, 2.75) is 25.4 Å². The monoisotopic (exact) mass is 248 g/mol. The summed E-state index contributed by atoms with van der Waals surface area (Å²) in [5, 5.41) is 0. The first-order chi connectivity index (χ1) is 8.72. The Balaban J connectivity index is 1.62. The van der Waals surface area contributed by atoms with E-state index in [1.54, 1.807) is 0 Å². The van der Waals surface area contributed by atoms with Crippen molar-refractivity contribution in [2.75, 3.05) is 19.6 Å². The van der Waals surface area contributed by atoms with Gasteiger partial charge in [-0.1, -0.05) is 12.1 Å². The topological polar surface area (TPSA) is 23.6 Å². The Morgan fingerprint density at radius 3 is 2.78 bits per heavy atom. The Morgan fingerprint density at radius 1 is 1.22 bits per heavy atom. The number of hydrogen-bond donors (Lipinski definition) is 0. The summed E-state index contributed by atoms with van der Waals surface area (Å²) in [6, 6.07) is 7.07. The van der Waals surface area contributed by atoms with Crippen molar-refractivity contribution in [1.82, 2.24) is 9.80 Å². The molecule has 1 aromatic rings. The molecule has 1 aromatic carbocycles. The van der Waals surface area contributed by atoms with Crippen LogP contribution in [0.4, 0.5) is 4.39 Å². The van der Waals surface area contributed by atoms with Crippen LogP contribution in [0, 0.1) is 5.82 Å². The summed E-state index contributed by atoms with van der Waals surface area (Å²) in [5.74, 6) is 0.117. The van der Waals surface area contributed by atoms with Gasteiger partial charge in [-0.25, -0.2) is 4.39 Å². The molecule has 2 saturated heterocycles. The molecular formula is C14H17FN2O. The van der Waals surface area contributed by atoms with E-state index in [1.165, 1.54) is 12.1 Å². The maximum absolute atomic E-state index is 12.8. The van der Waals surface area contributed by atoms with Gasteiger partial charge < -0.3 is 4.90 Å². The van der Waals surface area contributed by atoms with Crippen molar-refractivity contribution in [1.29, 1.82) is 0 Å². The third-order valence-electron chi connectivity index (χ3n) is 3.90. The van der Waals surface area contributed by atoms with Crippen molar-refractivity contribution in [3.8, 4) is 0 Å². The van der Waals surface area contributed by atoms with Gasteiger partial charge in [0.2, 0.25) is 5.91 Å². The first-order valence-corrected chi connectivity index (χ1v) is 6.48. The Labute approximate surface area is 106 Å². The van der Waals surface area contributed by atoms with Gasteiger partial charge in [-0.3, -0.25) is 9.69 Å². The van der Waals surface area contributed by atoms with Crippen molar-refractivity contribution in [2.24, 2.45) is 0 Å². The van der Waals surface area contributed by atoms with Crippen molar-refractivity contribution >= 4 is 5.91 Å². The van der Waals surface area contributed by atoms with Crippen LogP contribution in [0.1, 0.15) is 18.4 Å². The lowest BCUT2D eigenvalue weighted by molar-refractivity contribution is -0.130. The van der Waals surface area contributed by atoms with Crippen LogP contribution in [0.5, 0.6) is 0 Å². The summed E-state index contributed by atoms with van der Waals surface area (Å²) in [7, 11) is 0. The summed E-state index contributed by atoms with van der Waals surface area (Å²) in [5.41, 5.74) is 1.13. The Hall–Kier alpha value is -1.42. The Bertz CT molecular complexity index is 446. The zero-order chi connectivity index (χ0) is 12.5. The van der Waals surface area contributed by atoms with Gasteiger partial charge in [-0.2, -0.15) is 0 Å². The molecule has 4 heteroatoms. The van der Waals surface area contributed by atoms with Crippen LogP contribution in [-0.2, 0) is 11.3 Å². The largest absolute Gasteiger partial charge is 0.337 e. The molecule has 3 rings (SSSR count). The molecule has 1 unspecified atom stereocenters. The molecule has 2 heterocycles. The average Bonchev–Trinajstić information content (AvgIpc) is 2.74. The van der Waals surface area contributed by atoms with Gasteiger partial charge in [0.1, 0.15) is 5.82 Å². The number of hydrogen-bond acceptors (Lipinski definition) is 2. The van der Waals surface area contributed by atoms with E-state index in [0.717, 1.165) is 38.2 Å². The summed E-state index contributed by atoms with van der Waals surface area (Å²) >= 11 is 0. The lowest BCUT2D eigenvalue weighted by Crippen LogP contribution is -2.50. The zero-order valence-corrected chi connectivity index (χ0v) is 10.3. The van der Waals surface area contributed by atoms with Gasteiger partial charge in [-0.15, -0.1) is 0 Å². The molecule has 0 radical (unpaired) electrons. The third kappa shape index (κ3) is 2.25. The third-order valence-corrected chi connectivity index (χ3v) is 3.90. The number of fused-ring (bicyclic) bond motifs is 1. The SMILES string of the molecule is O=C1CCC2CN(Cc3ccc(F)cc3)CCN12. The first-order valence-electron chi connectivity index (χ1n) is 6.48. The fourth-order valence-electron chi connectivity index (χ4n) is 2.92. The number of nitrogens with zero attached hydrogens (tertiary/aromatic N) is 2. The maximum atomic E-state index is 12.8. The van der Waals surface area contributed by atoms with Gasteiger partial charge in [0.05, 0.1) is 0 Å². The minimum absolute atomic E-state index is 0.190. The van der Waals surface area contributed by atoms with E-state index in [2.05, 4.69) is 4.90 Å². The van der Waals surface area contributed by atoms with Crippen LogP contribution in [-0.4, -0.2) is 41.4 Å². The molecule has 18 heavy (non-hydrogen) atoms. The number of rotatable bonds is 2. The molecule has 0 bridgehead atoms. The van der Waals surface area contributed by atoms with E-state index in [0.29, 0.717) is 18.4 Å². The fraction of sp³-hybridized carbons (Fsp3) is 0.500. The summed E-state index contributed by atoms with van der Waals surface area (Å²) in [4.78, 5) is 15.9. The number of amides is 1. The molecule has 1 amide bonds. The lowest BCUT2D eigenvalue weighted by atomic mass is 10.1. The molecule has 2 fully saturated rings. The number of halogens is 1. The van der Waals surface area contributed by atoms with Crippen LogP contribution >= 0.6 is 0 Å². The quantitative estimate of drug-likeness (QED) is 0.794. The van der Waals surface area contributed by atoms with Crippen LogP contribution in [0.15, 0.2) is 24.3 Å². The van der Waals surface area contributed by atoms with Crippen molar-refractivity contribution in [3.05, 3.63) is 35.6 Å². The van der Waals surface area contributed by atoms with Crippen molar-refractivity contribution < 1.29 is 9.18 Å². The van der Waals surface area contributed by atoms with E-state index in [-0.39, 0.29) is 5.82 Å². The molecule has 0 aromatic heterocycles. The van der Waals surface area contributed by atoms with E-state index in [1.807, 2.05) is 17.0 Å². The second-order valence-corrected chi connectivity index (χ2v) is 5.14. The van der Waals surface area contributed by atoms with E-state index < -0.39 is 0 Å². The first kappa shape index (κ1) is 11.7. The Kier molecular flexibility index (Phi) is 3.04. The lowest BCUT2D eigenvalue weighted by Gasteiger charge is -2.37. The zero-order valence-electron chi connectivity index (χ0n) is 10.3. The molecule has 3 nitrogen and oxygen atoms in total. The molecule has 0 aliphatic carbocycles. The van der Waals surface area contributed by atoms with Gasteiger partial charge in [0, 0.05) is 38.6 Å². The normalized spacial score (nSPS) is 24.4. The van der Waals surface area contributed by atoms with E-state index in [9.17, 15) is 9.18 Å². The number of carbonyl (C=O) groups is 1. The Morgan fingerprint density at radius 2 is 2.00 bits per heavy atom.